The maximum atomic E-state index is 13.2. The third-order valence-electron chi connectivity index (χ3n) is 6.12. The first-order valence-electron chi connectivity index (χ1n) is 11.5. The van der Waals surface area contributed by atoms with E-state index in [0.29, 0.717) is 70.2 Å². The molecule has 8 nitrogen and oxygen atoms in total. The Morgan fingerprint density at radius 3 is 1.97 bits per heavy atom. The van der Waals surface area contributed by atoms with Crippen LogP contribution in [0, 0.1) is 11.8 Å². The van der Waals surface area contributed by atoms with E-state index in [9.17, 15) is 14.4 Å². The first kappa shape index (κ1) is 24.9. The topological polar surface area (TPSA) is 85.4 Å². The lowest BCUT2D eigenvalue weighted by molar-refractivity contribution is -0.142. The van der Waals surface area contributed by atoms with E-state index in [1.165, 1.54) is 0 Å². The van der Waals surface area contributed by atoms with E-state index in [2.05, 4.69) is 6.58 Å². The van der Waals surface area contributed by atoms with Crippen molar-refractivity contribution >= 4 is 17.8 Å². The number of benzene rings is 1. The predicted octanol–water partition coefficient (Wildman–Crippen LogP) is 2.15. The number of hydrogen-bond acceptors (Lipinski definition) is 6. The number of nitrogens with zero attached hydrogens (tertiary/aromatic N) is 2. The lowest BCUT2D eigenvalue weighted by Gasteiger charge is -2.34. The molecule has 8 heteroatoms. The second-order valence-corrected chi connectivity index (χ2v) is 8.62. The SMILES string of the molecule is C=C(C[C@@H](C)C(=O)N1CCOCC1)[C@H](OC(=O)c1ccccc1)[C@@H](C)C(=O)N1CCOCC1. The zero-order valence-corrected chi connectivity index (χ0v) is 19.5. The first-order chi connectivity index (χ1) is 15.9. The Balaban J connectivity index is 1.72. The van der Waals surface area contributed by atoms with E-state index >= 15 is 0 Å². The average Bonchev–Trinajstić information content (AvgIpc) is 2.87. The smallest absolute Gasteiger partial charge is 0.338 e. The van der Waals surface area contributed by atoms with Crippen LogP contribution in [0.15, 0.2) is 42.5 Å². The maximum absolute atomic E-state index is 13.2. The number of morpholine rings is 2. The van der Waals surface area contributed by atoms with Gasteiger partial charge in [-0.3, -0.25) is 9.59 Å². The van der Waals surface area contributed by atoms with Gasteiger partial charge in [0.1, 0.15) is 6.10 Å². The number of ether oxygens (including phenoxy) is 3. The largest absolute Gasteiger partial charge is 0.453 e. The van der Waals surface area contributed by atoms with Crippen LogP contribution in [-0.2, 0) is 23.8 Å². The molecule has 2 saturated heterocycles. The normalized spacial score (nSPS) is 19.3. The molecule has 1 aromatic carbocycles. The Bertz CT molecular complexity index is 831. The Morgan fingerprint density at radius 2 is 1.42 bits per heavy atom. The van der Waals surface area contributed by atoms with E-state index in [4.69, 9.17) is 14.2 Å². The van der Waals surface area contributed by atoms with Gasteiger partial charge in [-0.15, -0.1) is 0 Å². The molecule has 0 spiro atoms. The van der Waals surface area contributed by atoms with E-state index < -0.39 is 18.0 Å². The summed E-state index contributed by atoms with van der Waals surface area (Å²) in [7, 11) is 0. The molecule has 0 aliphatic carbocycles. The second-order valence-electron chi connectivity index (χ2n) is 8.62. The van der Waals surface area contributed by atoms with E-state index in [0.717, 1.165) is 0 Å². The van der Waals surface area contributed by atoms with Crippen molar-refractivity contribution in [2.75, 3.05) is 52.6 Å². The molecular weight excluding hydrogens is 424 g/mol. The Hall–Kier alpha value is -2.71. The third-order valence-corrected chi connectivity index (χ3v) is 6.12. The number of rotatable bonds is 8. The number of hydrogen-bond donors (Lipinski definition) is 0. The summed E-state index contributed by atoms with van der Waals surface area (Å²) < 4.78 is 16.5. The van der Waals surface area contributed by atoms with Crippen molar-refractivity contribution in [3.05, 3.63) is 48.0 Å². The van der Waals surface area contributed by atoms with Gasteiger partial charge in [0, 0.05) is 32.1 Å². The minimum absolute atomic E-state index is 0.0137. The Morgan fingerprint density at radius 1 is 0.909 bits per heavy atom. The van der Waals surface area contributed by atoms with Gasteiger partial charge in [0.05, 0.1) is 37.9 Å². The van der Waals surface area contributed by atoms with Crippen LogP contribution in [0.1, 0.15) is 30.6 Å². The molecule has 0 saturated carbocycles. The number of carbonyl (C=O) groups is 3. The average molecular weight is 459 g/mol. The van der Waals surface area contributed by atoms with Crippen LogP contribution in [0.4, 0.5) is 0 Å². The van der Waals surface area contributed by atoms with Gasteiger partial charge >= 0.3 is 5.97 Å². The quantitative estimate of drug-likeness (QED) is 0.438. The van der Waals surface area contributed by atoms with Gasteiger partial charge in [0.25, 0.3) is 0 Å². The molecule has 0 bridgehead atoms. The van der Waals surface area contributed by atoms with Crippen molar-refractivity contribution in [1.82, 2.24) is 9.80 Å². The molecule has 0 radical (unpaired) electrons. The van der Waals surface area contributed by atoms with Crippen molar-refractivity contribution < 1.29 is 28.6 Å². The molecule has 180 valence electrons. The number of esters is 1. The van der Waals surface area contributed by atoms with Crippen LogP contribution >= 0.6 is 0 Å². The second kappa shape index (κ2) is 12.0. The van der Waals surface area contributed by atoms with Gasteiger partial charge in [-0.1, -0.05) is 31.7 Å². The van der Waals surface area contributed by atoms with Gasteiger partial charge in [0.2, 0.25) is 11.8 Å². The number of carbonyl (C=O) groups excluding carboxylic acids is 3. The fraction of sp³-hybridized carbons (Fsp3) is 0.560. The lowest BCUT2D eigenvalue weighted by Crippen LogP contribution is -2.47. The summed E-state index contributed by atoms with van der Waals surface area (Å²) in [6, 6.07) is 8.66. The zero-order chi connectivity index (χ0) is 23.8. The highest BCUT2D eigenvalue weighted by Gasteiger charge is 2.35. The first-order valence-corrected chi connectivity index (χ1v) is 11.5. The van der Waals surface area contributed by atoms with E-state index in [1.807, 2.05) is 13.0 Å². The summed E-state index contributed by atoms with van der Waals surface area (Å²) in [5.74, 6) is -1.60. The van der Waals surface area contributed by atoms with Crippen molar-refractivity contribution in [3.8, 4) is 0 Å². The fourth-order valence-electron chi connectivity index (χ4n) is 4.19. The molecule has 2 heterocycles. The fourth-order valence-corrected chi connectivity index (χ4v) is 4.19. The Kier molecular flexibility index (Phi) is 9.03. The van der Waals surface area contributed by atoms with Gasteiger partial charge in [-0.25, -0.2) is 4.79 Å². The minimum Gasteiger partial charge on any atom is -0.453 e. The van der Waals surface area contributed by atoms with Crippen molar-refractivity contribution in [2.45, 2.75) is 26.4 Å². The summed E-state index contributed by atoms with van der Waals surface area (Å²) in [6.07, 6.45) is -0.517. The summed E-state index contributed by atoms with van der Waals surface area (Å²) in [4.78, 5) is 42.4. The van der Waals surface area contributed by atoms with Crippen LogP contribution in [0.25, 0.3) is 0 Å². The molecule has 33 heavy (non-hydrogen) atoms. The molecule has 1 aromatic rings. The molecule has 2 amide bonds. The van der Waals surface area contributed by atoms with Crippen LogP contribution in [-0.4, -0.2) is 86.3 Å². The van der Waals surface area contributed by atoms with Crippen LogP contribution in [0.5, 0.6) is 0 Å². The summed E-state index contributed by atoms with van der Waals surface area (Å²) >= 11 is 0. The Labute approximate surface area is 195 Å². The molecule has 0 aromatic heterocycles. The van der Waals surface area contributed by atoms with Crippen molar-refractivity contribution in [2.24, 2.45) is 11.8 Å². The highest BCUT2D eigenvalue weighted by molar-refractivity contribution is 5.90. The van der Waals surface area contributed by atoms with E-state index in [1.54, 1.807) is 41.0 Å². The highest BCUT2D eigenvalue weighted by atomic mass is 16.5. The highest BCUT2D eigenvalue weighted by Crippen LogP contribution is 2.26. The monoisotopic (exact) mass is 458 g/mol. The standard InChI is InChI=1S/C25H34N2O6/c1-18(17-19(2)23(28)26-9-13-31-14-10-26)22(33-25(30)21-7-5-4-6-8-21)20(3)24(29)27-11-15-32-16-12-27/h4-8,19-20,22H,1,9-17H2,2-3H3/t19-,20-,22+/m1/s1. The van der Waals surface area contributed by atoms with Gasteiger partial charge in [-0.05, 0) is 31.1 Å². The van der Waals surface area contributed by atoms with Crippen molar-refractivity contribution in [3.63, 3.8) is 0 Å². The van der Waals surface area contributed by atoms with Crippen LogP contribution < -0.4 is 0 Å². The molecule has 2 aliphatic heterocycles. The summed E-state index contributed by atoms with van der Waals surface area (Å²) in [5, 5.41) is 0. The molecule has 3 rings (SSSR count). The zero-order valence-electron chi connectivity index (χ0n) is 19.5. The third kappa shape index (κ3) is 6.65. The number of amides is 2. The lowest BCUT2D eigenvalue weighted by atomic mass is 9.90. The summed E-state index contributed by atoms with van der Waals surface area (Å²) in [6.45, 7) is 11.9. The maximum Gasteiger partial charge on any atom is 0.338 e. The van der Waals surface area contributed by atoms with Crippen LogP contribution in [0.2, 0.25) is 0 Å². The molecular formula is C25H34N2O6. The summed E-state index contributed by atoms with van der Waals surface area (Å²) in [5.41, 5.74) is 0.960. The minimum atomic E-state index is -0.840. The molecule has 2 fully saturated rings. The van der Waals surface area contributed by atoms with Gasteiger partial charge in [-0.2, -0.15) is 0 Å². The van der Waals surface area contributed by atoms with E-state index in [-0.39, 0.29) is 17.7 Å². The molecule has 2 aliphatic rings. The molecule has 0 N–H and O–H groups in total. The predicted molar refractivity (Wildman–Crippen MR) is 123 cm³/mol. The molecule has 3 atom stereocenters. The van der Waals surface area contributed by atoms with Crippen LogP contribution in [0.3, 0.4) is 0 Å². The molecule has 0 unspecified atom stereocenters. The van der Waals surface area contributed by atoms with Gasteiger partial charge < -0.3 is 24.0 Å². The van der Waals surface area contributed by atoms with Gasteiger partial charge in [0.15, 0.2) is 0 Å². The van der Waals surface area contributed by atoms with Crippen molar-refractivity contribution in [1.29, 1.82) is 0 Å².